The lowest BCUT2D eigenvalue weighted by Gasteiger charge is -2.14. The normalized spacial score (nSPS) is 10.2. The molecule has 0 aromatic heterocycles. The van der Waals surface area contributed by atoms with E-state index >= 15 is 0 Å². The van der Waals surface area contributed by atoms with Crippen LogP contribution in [0, 0.1) is 0 Å². The molecule has 90 valence electrons. The molecule has 1 aromatic rings. The van der Waals surface area contributed by atoms with Crippen molar-refractivity contribution in [3.05, 3.63) is 17.7 Å². The lowest BCUT2D eigenvalue weighted by molar-refractivity contribution is 0.383. The SMILES string of the molecule is CCSc1cc(OC)c(CCN)c(OC)c1. The zero-order valence-electron chi connectivity index (χ0n) is 10.1. The molecule has 16 heavy (non-hydrogen) atoms. The summed E-state index contributed by atoms with van der Waals surface area (Å²) in [5.74, 6) is 2.75. The Bertz CT molecular complexity index is 317. The summed E-state index contributed by atoms with van der Waals surface area (Å²) in [5.41, 5.74) is 6.64. The molecule has 0 radical (unpaired) electrons. The first-order chi connectivity index (χ1) is 7.76. The molecule has 4 heteroatoms. The van der Waals surface area contributed by atoms with Crippen LogP contribution in [0.5, 0.6) is 11.5 Å². The molecule has 0 amide bonds. The van der Waals surface area contributed by atoms with E-state index in [1.807, 2.05) is 12.1 Å². The van der Waals surface area contributed by atoms with E-state index in [9.17, 15) is 0 Å². The molecule has 0 fully saturated rings. The van der Waals surface area contributed by atoms with Crippen molar-refractivity contribution in [1.29, 1.82) is 0 Å². The lowest BCUT2D eigenvalue weighted by Crippen LogP contribution is -2.06. The maximum absolute atomic E-state index is 5.59. The van der Waals surface area contributed by atoms with Crippen molar-refractivity contribution in [2.75, 3.05) is 26.5 Å². The van der Waals surface area contributed by atoms with Crippen LogP contribution in [0.3, 0.4) is 0 Å². The number of nitrogens with two attached hydrogens (primary N) is 1. The number of thioether (sulfide) groups is 1. The fourth-order valence-electron chi connectivity index (χ4n) is 1.60. The summed E-state index contributed by atoms with van der Waals surface area (Å²) in [4.78, 5) is 1.16. The van der Waals surface area contributed by atoms with Crippen LogP contribution in [0.4, 0.5) is 0 Å². The second-order valence-corrected chi connectivity index (χ2v) is 4.62. The molecule has 2 N–H and O–H groups in total. The third-order valence-electron chi connectivity index (χ3n) is 2.29. The van der Waals surface area contributed by atoms with Gasteiger partial charge in [-0.1, -0.05) is 6.92 Å². The first-order valence-electron chi connectivity index (χ1n) is 5.34. The van der Waals surface area contributed by atoms with Crippen LogP contribution >= 0.6 is 11.8 Å². The highest BCUT2D eigenvalue weighted by Crippen LogP contribution is 2.34. The van der Waals surface area contributed by atoms with E-state index in [2.05, 4.69) is 6.92 Å². The number of ether oxygens (including phenoxy) is 2. The summed E-state index contributed by atoms with van der Waals surface area (Å²) in [6.45, 7) is 2.71. The molecule has 0 spiro atoms. The Balaban J connectivity index is 3.14. The van der Waals surface area contributed by atoms with Crippen molar-refractivity contribution >= 4 is 11.8 Å². The van der Waals surface area contributed by atoms with Crippen LogP contribution in [0.1, 0.15) is 12.5 Å². The van der Waals surface area contributed by atoms with Gasteiger partial charge in [0.2, 0.25) is 0 Å². The van der Waals surface area contributed by atoms with Crippen LogP contribution < -0.4 is 15.2 Å². The minimum atomic E-state index is 0.590. The van der Waals surface area contributed by atoms with Gasteiger partial charge >= 0.3 is 0 Å². The molecule has 1 rings (SSSR count). The quantitative estimate of drug-likeness (QED) is 0.776. The highest BCUT2D eigenvalue weighted by molar-refractivity contribution is 7.99. The molecule has 0 heterocycles. The predicted molar refractivity (Wildman–Crippen MR) is 68.7 cm³/mol. The van der Waals surface area contributed by atoms with E-state index < -0.39 is 0 Å². The Morgan fingerprint density at radius 1 is 1.19 bits per heavy atom. The second-order valence-electron chi connectivity index (χ2n) is 3.28. The Labute approximate surface area is 101 Å². The minimum absolute atomic E-state index is 0.590. The fraction of sp³-hybridized carbons (Fsp3) is 0.500. The zero-order chi connectivity index (χ0) is 12.0. The van der Waals surface area contributed by atoms with Crippen LogP contribution in [-0.2, 0) is 6.42 Å². The molecule has 0 aliphatic rings. The first-order valence-corrected chi connectivity index (χ1v) is 6.33. The average Bonchev–Trinajstić information content (AvgIpc) is 2.31. The van der Waals surface area contributed by atoms with Crippen molar-refractivity contribution in [2.24, 2.45) is 5.73 Å². The number of rotatable bonds is 6. The van der Waals surface area contributed by atoms with E-state index in [0.717, 1.165) is 34.1 Å². The molecule has 0 bridgehead atoms. The fourth-order valence-corrected chi connectivity index (χ4v) is 2.31. The highest BCUT2D eigenvalue weighted by Gasteiger charge is 2.11. The van der Waals surface area contributed by atoms with Crippen molar-refractivity contribution < 1.29 is 9.47 Å². The lowest BCUT2D eigenvalue weighted by atomic mass is 10.1. The largest absolute Gasteiger partial charge is 0.496 e. The van der Waals surface area contributed by atoms with Crippen LogP contribution in [-0.4, -0.2) is 26.5 Å². The van der Waals surface area contributed by atoms with E-state index in [1.54, 1.807) is 26.0 Å². The molecule has 3 nitrogen and oxygen atoms in total. The van der Waals surface area contributed by atoms with Gasteiger partial charge in [-0.25, -0.2) is 0 Å². The molecular formula is C12H19NO2S. The topological polar surface area (TPSA) is 44.5 Å². The Morgan fingerprint density at radius 3 is 2.12 bits per heavy atom. The molecule has 0 aliphatic carbocycles. The summed E-state index contributed by atoms with van der Waals surface area (Å²) in [7, 11) is 3.35. The van der Waals surface area contributed by atoms with E-state index in [1.165, 1.54) is 0 Å². The van der Waals surface area contributed by atoms with Gasteiger partial charge in [-0.2, -0.15) is 0 Å². The Hall–Kier alpha value is -0.870. The molecule has 0 saturated carbocycles. The van der Waals surface area contributed by atoms with Gasteiger partial charge in [-0.15, -0.1) is 11.8 Å². The summed E-state index contributed by atoms with van der Waals surface area (Å²) in [6, 6.07) is 4.09. The standard InChI is InChI=1S/C12H19NO2S/c1-4-16-9-7-11(14-2)10(5-6-13)12(8-9)15-3/h7-8H,4-6,13H2,1-3H3. The smallest absolute Gasteiger partial charge is 0.126 e. The third kappa shape index (κ3) is 3.06. The van der Waals surface area contributed by atoms with Gasteiger partial charge in [-0.05, 0) is 30.9 Å². The van der Waals surface area contributed by atoms with Gasteiger partial charge in [0.25, 0.3) is 0 Å². The van der Waals surface area contributed by atoms with Gasteiger partial charge in [0.15, 0.2) is 0 Å². The van der Waals surface area contributed by atoms with Crippen molar-refractivity contribution in [3.63, 3.8) is 0 Å². The maximum Gasteiger partial charge on any atom is 0.126 e. The van der Waals surface area contributed by atoms with Gasteiger partial charge in [0, 0.05) is 10.5 Å². The van der Waals surface area contributed by atoms with Crippen molar-refractivity contribution in [3.8, 4) is 11.5 Å². The average molecular weight is 241 g/mol. The van der Waals surface area contributed by atoms with E-state index in [0.29, 0.717) is 6.54 Å². The molecular weight excluding hydrogens is 222 g/mol. The molecule has 0 saturated heterocycles. The van der Waals surface area contributed by atoms with Crippen LogP contribution in [0.25, 0.3) is 0 Å². The van der Waals surface area contributed by atoms with Gasteiger partial charge < -0.3 is 15.2 Å². The van der Waals surface area contributed by atoms with Crippen molar-refractivity contribution in [1.82, 2.24) is 0 Å². The molecule has 0 atom stereocenters. The first kappa shape index (κ1) is 13.2. The Morgan fingerprint density at radius 2 is 1.75 bits per heavy atom. The van der Waals surface area contributed by atoms with E-state index in [-0.39, 0.29) is 0 Å². The van der Waals surface area contributed by atoms with Crippen LogP contribution in [0.15, 0.2) is 17.0 Å². The zero-order valence-corrected chi connectivity index (χ0v) is 10.9. The number of benzene rings is 1. The van der Waals surface area contributed by atoms with Crippen LogP contribution in [0.2, 0.25) is 0 Å². The number of methoxy groups -OCH3 is 2. The summed E-state index contributed by atoms with van der Waals surface area (Å²) in [6.07, 6.45) is 0.767. The molecule has 0 aliphatic heterocycles. The Kier molecular flexibility index (Phi) is 5.49. The highest BCUT2D eigenvalue weighted by atomic mass is 32.2. The van der Waals surface area contributed by atoms with E-state index in [4.69, 9.17) is 15.2 Å². The van der Waals surface area contributed by atoms with Gasteiger partial charge in [0.1, 0.15) is 11.5 Å². The summed E-state index contributed by atoms with van der Waals surface area (Å²) >= 11 is 1.77. The monoisotopic (exact) mass is 241 g/mol. The van der Waals surface area contributed by atoms with Gasteiger partial charge in [0.05, 0.1) is 14.2 Å². The number of hydrogen-bond acceptors (Lipinski definition) is 4. The maximum atomic E-state index is 5.59. The van der Waals surface area contributed by atoms with Gasteiger partial charge in [-0.3, -0.25) is 0 Å². The molecule has 1 aromatic carbocycles. The summed E-state index contributed by atoms with van der Waals surface area (Å²) < 4.78 is 10.8. The predicted octanol–water partition coefficient (Wildman–Crippen LogP) is 2.32. The summed E-state index contributed by atoms with van der Waals surface area (Å²) in [5, 5.41) is 0. The number of hydrogen-bond donors (Lipinski definition) is 1. The molecule has 0 unspecified atom stereocenters. The minimum Gasteiger partial charge on any atom is -0.496 e. The third-order valence-corrected chi connectivity index (χ3v) is 3.14. The van der Waals surface area contributed by atoms with Crippen molar-refractivity contribution in [2.45, 2.75) is 18.2 Å². The second kappa shape index (κ2) is 6.66.